The third-order valence-corrected chi connectivity index (χ3v) is 3.94. The Hall–Kier alpha value is -2.82. The minimum Gasteiger partial charge on any atom is -0.494 e. The van der Waals surface area contributed by atoms with Gasteiger partial charge in [0.2, 0.25) is 0 Å². The molecule has 0 aliphatic heterocycles. The highest BCUT2D eigenvalue weighted by Crippen LogP contribution is 2.16. The lowest BCUT2D eigenvalue weighted by Gasteiger charge is -2.09. The molecule has 5 heteroatoms. The van der Waals surface area contributed by atoms with Crippen molar-refractivity contribution in [3.8, 4) is 5.75 Å². The van der Waals surface area contributed by atoms with Crippen LogP contribution in [0.15, 0.2) is 67.4 Å². The molecule has 3 aromatic rings. The molecule has 0 amide bonds. The van der Waals surface area contributed by atoms with Crippen molar-refractivity contribution in [3.63, 3.8) is 0 Å². The number of benzene rings is 1. The van der Waals surface area contributed by atoms with Gasteiger partial charge in [-0.05, 0) is 55.7 Å². The van der Waals surface area contributed by atoms with Gasteiger partial charge in [0.25, 0.3) is 0 Å². The van der Waals surface area contributed by atoms with Crippen LogP contribution in [0.2, 0.25) is 0 Å². The average molecular weight is 336 g/mol. The highest BCUT2D eigenvalue weighted by Gasteiger charge is 1.98. The van der Waals surface area contributed by atoms with Crippen LogP contribution in [0, 0.1) is 0 Å². The number of aromatic nitrogens is 3. The lowest BCUT2D eigenvalue weighted by Crippen LogP contribution is -2.02. The van der Waals surface area contributed by atoms with Crippen LogP contribution < -0.4 is 10.1 Å². The first-order chi connectivity index (χ1) is 12.4. The molecule has 2 aromatic heterocycles. The maximum absolute atomic E-state index is 5.80. The average Bonchev–Trinajstić information content (AvgIpc) is 3.18. The number of ether oxygens (including phenoxy) is 1. The molecule has 0 aliphatic carbocycles. The zero-order chi connectivity index (χ0) is 17.2. The molecule has 0 bridgehead atoms. The van der Waals surface area contributed by atoms with E-state index in [1.807, 2.05) is 67.4 Å². The van der Waals surface area contributed by atoms with Crippen LogP contribution in [-0.2, 0) is 13.1 Å². The quantitative estimate of drug-likeness (QED) is 0.565. The molecular formula is C20H24N4O. The number of aryl methyl sites for hydroxylation is 1. The molecule has 5 nitrogen and oxygen atoms in total. The standard InChI is InChI=1S/C20H24N4O/c1(4-13-24-14-12-21-17-24)5-15-25-20-9-7-18(8-10-20)23-16-19-6-2-3-11-22-19/h2-3,6-12,14,17,23H,1,4-5,13,15-16H2. The van der Waals surface area contributed by atoms with Gasteiger partial charge in [0, 0.05) is 30.8 Å². The molecule has 3 rings (SSSR count). The molecule has 0 saturated heterocycles. The summed E-state index contributed by atoms with van der Waals surface area (Å²) in [6, 6.07) is 14.0. The van der Waals surface area contributed by atoms with Gasteiger partial charge < -0.3 is 14.6 Å². The van der Waals surface area contributed by atoms with Gasteiger partial charge in [-0.15, -0.1) is 0 Å². The second kappa shape index (κ2) is 9.47. The summed E-state index contributed by atoms with van der Waals surface area (Å²) in [6.45, 7) is 2.50. The van der Waals surface area contributed by atoms with E-state index in [0.717, 1.165) is 56.1 Å². The summed E-state index contributed by atoms with van der Waals surface area (Å²) >= 11 is 0. The number of nitrogens with one attached hydrogen (secondary N) is 1. The van der Waals surface area contributed by atoms with E-state index < -0.39 is 0 Å². The summed E-state index contributed by atoms with van der Waals surface area (Å²) in [6.07, 6.45) is 10.9. The Labute approximate surface area is 148 Å². The lowest BCUT2D eigenvalue weighted by atomic mass is 10.2. The van der Waals surface area contributed by atoms with Crippen LogP contribution in [0.25, 0.3) is 0 Å². The maximum Gasteiger partial charge on any atom is 0.119 e. The van der Waals surface area contributed by atoms with Crippen molar-refractivity contribution in [3.05, 3.63) is 73.1 Å². The zero-order valence-electron chi connectivity index (χ0n) is 14.3. The van der Waals surface area contributed by atoms with Crippen molar-refractivity contribution in [2.45, 2.75) is 32.4 Å². The van der Waals surface area contributed by atoms with Crippen LogP contribution in [0.5, 0.6) is 5.75 Å². The van der Waals surface area contributed by atoms with Gasteiger partial charge in [0.05, 0.1) is 25.2 Å². The molecule has 0 radical (unpaired) electrons. The molecule has 130 valence electrons. The van der Waals surface area contributed by atoms with Gasteiger partial charge in [-0.25, -0.2) is 4.98 Å². The van der Waals surface area contributed by atoms with Crippen molar-refractivity contribution >= 4 is 5.69 Å². The van der Waals surface area contributed by atoms with Crippen molar-refractivity contribution in [1.29, 1.82) is 0 Å². The Bertz CT molecular complexity index is 711. The Morgan fingerprint density at radius 1 is 0.960 bits per heavy atom. The third-order valence-electron chi connectivity index (χ3n) is 3.94. The van der Waals surface area contributed by atoms with Crippen LogP contribution in [-0.4, -0.2) is 21.1 Å². The number of hydrogen-bond donors (Lipinski definition) is 1. The Balaban J connectivity index is 1.31. The maximum atomic E-state index is 5.80. The number of rotatable bonds is 10. The fourth-order valence-electron chi connectivity index (χ4n) is 2.55. The molecule has 25 heavy (non-hydrogen) atoms. The number of pyridine rings is 1. The first kappa shape index (κ1) is 17.0. The summed E-state index contributed by atoms with van der Waals surface area (Å²) in [5.41, 5.74) is 2.09. The van der Waals surface area contributed by atoms with E-state index in [2.05, 4.69) is 19.9 Å². The van der Waals surface area contributed by atoms with Gasteiger partial charge in [-0.1, -0.05) is 6.07 Å². The fraction of sp³-hybridized carbons (Fsp3) is 0.300. The van der Waals surface area contributed by atoms with Gasteiger partial charge >= 0.3 is 0 Å². The van der Waals surface area contributed by atoms with Crippen LogP contribution >= 0.6 is 0 Å². The van der Waals surface area contributed by atoms with Gasteiger partial charge in [-0.3, -0.25) is 4.98 Å². The van der Waals surface area contributed by atoms with Crippen LogP contribution in [0.4, 0.5) is 5.69 Å². The number of unbranched alkanes of at least 4 members (excludes halogenated alkanes) is 2. The molecule has 0 unspecified atom stereocenters. The zero-order valence-corrected chi connectivity index (χ0v) is 14.3. The van der Waals surface area contributed by atoms with Crippen LogP contribution in [0.1, 0.15) is 25.0 Å². The van der Waals surface area contributed by atoms with Crippen molar-refractivity contribution < 1.29 is 4.74 Å². The summed E-state index contributed by atoms with van der Waals surface area (Å²) in [5.74, 6) is 0.915. The minimum atomic E-state index is 0.720. The third kappa shape index (κ3) is 5.95. The summed E-state index contributed by atoms with van der Waals surface area (Å²) in [5, 5.41) is 3.36. The van der Waals surface area contributed by atoms with Crippen molar-refractivity contribution in [1.82, 2.24) is 14.5 Å². The van der Waals surface area contributed by atoms with Crippen molar-refractivity contribution in [2.24, 2.45) is 0 Å². The summed E-state index contributed by atoms with van der Waals surface area (Å²) < 4.78 is 7.91. The minimum absolute atomic E-state index is 0.720. The number of hydrogen-bond acceptors (Lipinski definition) is 4. The van der Waals surface area contributed by atoms with E-state index in [9.17, 15) is 0 Å². The summed E-state index contributed by atoms with van der Waals surface area (Å²) in [4.78, 5) is 8.34. The molecular weight excluding hydrogens is 312 g/mol. The smallest absolute Gasteiger partial charge is 0.119 e. The number of imidazole rings is 1. The Kier molecular flexibility index (Phi) is 6.45. The first-order valence-electron chi connectivity index (χ1n) is 8.72. The normalized spacial score (nSPS) is 10.6. The first-order valence-corrected chi connectivity index (χ1v) is 8.72. The fourth-order valence-corrected chi connectivity index (χ4v) is 2.55. The number of anilines is 1. The van der Waals surface area contributed by atoms with Gasteiger partial charge in [-0.2, -0.15) is 0 Å². The Morgan fingerprint density at radius 2 is 1.88 bits per heavy atom. The molecule has 0 atom stereocenters. The van der Waals surface area contributed by atoms with E-state index in [1.54, 1.807) is 0 Å². The van der Waals surface area contributed by atoms with E-state index in [-0.39, 0.29) is 0 Å². The number of nitrogens with zero attached hydrogens (tertiary/aromatic N) is 3. The highest BCUT2D eigenvalue weighted by molar-refractivity contribution is 5.46. The molecule has 0 spiro atoms. The monoisotopic (exact) mass is 336 g/mol. The van der Waals surface area contributed by atoms with Crippen LogP contribution in [0.3, 0.4) is 0 Å². The second-order valence-corrected chi connectivity index (χ2v) is 5.91. The molecule has 0 saturated carbocycles. The Morgan fingerprint density at radius 3 is 2.64 bits per heavy atom. The molecule has 1 aromatic carbocycles. The lowest BCUT2D eigenvalue weighted by molar-refractivity contribution is 0.304. The predicted octanol–water partition coefficient (Wildman–Crippen LogP) is 4.14. The van der Waals surface area contributed by atoms with E-state index in [4.69, 9.17) is 4.74 Å². The van der Waals surface area contributed by atoms with E-state index in [0.29, 0.717) is 0 Å². The largest absolute Gasteiger partial charge is 0.494 e. The topological polar surface area (TPSA) is 52.0 Å². The molecule has 0 aliphatic rings. The molecule has 0 fully saturated rings. The second-order valence-electron chi connectivity index (χ2n) is 5.91. The SMILES string of the molecule is c1ccc(CNc2ccc(OCCCCCn3ccnc3)cc2)nc1. The predicted molar refractivity (Wildman–Crippen MR) is 99.6 cm³/mol. The van der Waals surface area contributed by atoms with Gasteiger partial charge in [0.15, 0.2) is 0 Å². The van der Waals surface area contributed by atoms with Crippen molar-refractivity contribution in [2.75, 3.05) is 11.9 Å². The highest BCUT2D eigenvalue weighted by atomic mass is 16.5. The van der Waals surface area contributed by atoms with Gasteiger partial charge in [0.1, 0.15) is 5.75 Å². The van der Waals surface area contributed by atoms with E-state index in [1.165, 1.54) is 0 Å². The summed E-state index contributed by atoms with van der Waals surface area (Å²) in [7, 11) is 0. The molecule has 2 heterocycles. The molecule has 1 N–H and O–H groups in total. The van der Waals surface area contributed by atoms with E-state index >= 15 is 0 Å².